The number of carbonyl (C=O) groups excluding carboxylic acids is 1. The number of rotatable bonds is 8. The predicted octanol–water partition coefficient (Wildman–Crippen LogP) is 3.65. The Morgan fingerprint density at radius 1 is 1.10 bits per heavy atom. The highest BCUT2D eigenvalue weighted by molar-refractivity contribution is 5.77. The molecule has 1 amide bonds. The van der Waals surface area contributed by atoms with Crippen LogP contribution in [0.5, 0.6) is 5.75 Å². The third-order valence-corrected chi connectivity index (χ3v) is 5.26. The first kappa shape index (κ1) is 21.3. The van der Waals surface area contributed by atoms with Gasteiger partial charge in [0.25, 0.3) is 5.91 Å². The van der Waals surface area contributed by atoms with Crippen LogP contribution in [0.3, 0.4) is 0 Å². The Kier molecular flexibility index (Phi) is 7.67. The van der Waals surface area contributed by atoms with E-state index in [-0.39, 0.29) is 12.5 Å². The van der Waals surface area contributed by atoms with E-state index in [1.54, 1.807) is 0 Å². The van der Waals surface area contributed by atoms with Gasteiger partial charge in [-0.05, 0) is 41.2 Å². The second-order valence-corrected chi connectivity index (χ2v) is 7.95. The molecule has 5 nitrogen and oxygen atoms in total. The lowest BCUT2D eigenvalue weighted by Gasteiger charge is -2.26. The van der Waals surface area contributed by atoms with Crippen molar-refractivity contribution in [3.8, 4) is 5.75 Å². The quantitative estimate of drug-likeness (QED) is 0.740. The molecule has 1 saturated heterocycles. The summed E-state index contributed by atoms with van der Waals surface area (Å²) in [4.78, 5) is 14.6. The van der Waals surface area contributed by atoms with Crippen molar-refractivity contribution in [2.24, 2.45) is 0 Å². The standard InChI is InChI=1S/C24H32N2O3/c1-18(2)22-9-4-19(3)23(14-22)29-17-24(27)25-15-20-5-7-21(8-6-20)16-26-10-12-28-13-11-26/h4-9,14,18H,10-13,15-17H2,1-3H3,(H,25,27). The number of morpholine rings is 1. The third kappa shape index (κ3) is 6.58. The van der Waals surface area contributed by atoms with E-state index in [1.807, 2.05) is 19.1 Å². The molecule has 0 radical (unpaired) electrons. The second-order valence-electron chi connectivity index (χ2n) is 7.95. The fourth-order valence-corrected chi connectivity index (χ4v) is 3.31. The molecule has 0 aliphatic carbocycles. The van der Waals surface area contributed by atoms with Crippen LogP contribution in [0.15, 0.2) is 42.5 Å². The Balaban J connectivity index is 1.44. The molecular weight excluding hydrogens is 364 g/mol. The smallest absolute Gasteiger partial charge is 0.258 e. The monoisotopic (exact) mass is 396 g/mol. The maximum atomic E-state index is 12.2. The van der Waals surface area contributed by atoms with Gasteiger partial charge in [0.1, 0.15) is 5.75 Å². The normalized spacial score (nSPS) is 14.8. The predicted molar refractivity (Wildman–Crippen MR) is 115 cm³/mol. The fraction of sp³-hybridized carbons (Fsp3) is 0.458. The topological polar surface area (TPSA) is 50.8 Å². The van der Waals surface area contributed by atoms with E-state index in [1.165, 1.54) is 11.1 Å². The number of carbonyl (C=O) groups is 1. The Bertz CT molecular complexity index is 796. The third-order valence-electron chi connectivity index (χ3n) is 5.26. The van der Waals surface area contributed by atoms with Crippen molar-refractivity contribution in [1.29, 1.82) is 0 Å². The molecular formula is C24H32N2O3. The molecule has 1 N–H and O–H groups in total. The van der Waals surface area contributed by atoms with Gasteiger partial charge < -0.3 is 14.8 Å². The van der Waals surface area contributed by atoms with E-state index in [2.05, 4.69) is 54.4 Å². The van der Waals surface area contributed by atoms with Gasteiger partial charge in [0.15, 0.2) is 6.61 Å². The van der Waals surface area contributed by atoms with Crippen LogP contribution in [-0.2, 0) is 22.6 Å². The van der Waals surface area contributed by atoms with Crippen molar-refractivity contribution in [2.45, 2.75) is 39.8 Å². The summed E-state index contributed by atoms with van der Waals surface area (Å²) in [7, 11) is 0. The number of ether oxygens (including phenoxy) is 2. The molecule has 1 aliphatic rings. The van der Waals surface area contributed by atoms with Gasteiger partial charge >= 0.3 is 0 Å². The minimum atomic E-state index is -0.114. The minimum absolute atomic E-state index is 0.0253. The van der Waals surface area contributed by atoms with Crippen LogP contribution in [0.2, 0.25) is 0 Å². The zero-order chi connectivity index (χ0) is 20.6. The summed E-state index contributed by atoms with van der Waals surface area (Å²) in [6.07, 6.45) is 0. The number of hydrogen-bond acceptors (Lipinski definition) is 4. The van der Waals surface area contributed by atoms with Crippen molar-refractivity contribution in [1.82, 2.24) is 10.2 Å². The van der Waals surface area contributed by atoms with Gasteiger partial charge in [-0.2, -0.15) is 0 Å². The molecule has 29 heavy (non-hydrogen) atoms. The van der Waals surface area contributed by atoms with Gasteiger partial charge in [-0.1, -0.05) is 50.2 Å². The van der Waals surface area contributed by atoms with Crippen LogP contribution in [0.1, 0.15) is 42.0 Å². The van der Waals surface area contributed by atoms with Crippen LogP contribution >= 0.6 is 0 Å². The number of aryl methyl sites for hydroxylation is 1. The molecule has 1 fully saturated rings. The summed E-state index contributed by atoms with van der Waals surface area (Å²) in [6, 6.07) is 14.6. The molecule has 0 saturated carbocycles. The first-order chi connectivity index (χ1) is 14.0. The largest absolute Gasteiger partial charge is 0.483 e. The fourth-order valence-electron chi connectivity index (χ4n) is 3.31. The molecule has 156 valence electrons. The SMILES string of the molecule is Cc1ccc(C(C)C)cc1OCC(=O)NCc1ccc(CN2CCOCC2)cc1. The molecule has 0 aromatic heterocycles. The number of amides is 1. The second kappa shape index (κ2) is 10.4. The molecule has 2 aromatic rings. The number of nitrogens with zero attached hydrogens (tertiary/aromatic N) is 1. The Labute approximate surface area is 174 Å². The summed E-state index contributed by atoms with van der Waals surface area (Å²) < 4.78 is 11.1. The van der Waals surface area contributed by atoms with Crippen LogP contribution < -0.4 is 10.1 Å². The van der Waals surface area contributed by atoms with Crippen molar-refractivity contribution in [3.05, 3.63) is 64.7 Å². The van der Waals surface area contributed by atoms with Crippen molar-refractivity contribution < 1.29 is 14.3 Å². The summed E-state index contributed by atoms with van der Waals surface area (Å²) in [5, 5.41) is 2.94. The average Bonchev–Trinajstić information content (AvgIpc) is 2.73. The average molecular weight is 397 g/mol. The van der Waals surface area contributed by atoms with Crippen molar-refractivity contribution >= 4 is 5.91 Å². The summed E-state index contributed by atoms with van der Waals surface area (Å²) in [6.45, 7) is 11.4. The highest BCUT2D eigenvalue weighted by atomic mass is 16.5. The Hall–Kier alpha value is -2.37. The minimum Gasteiger partial charge on any atom is -0.483 e. The van der Waals surface area contributed by atoms with E-state index < -0.39 is 0 Å². The van der Waals surface area contributed by atoms with E-state index in [4.69, 9.17) is 9.47 Å². The zero-order valence-electron chi connectivity index (χ0n) is 17.7. The van der Waals surface area contributed by atoms with Gasteiger partial charge in [-0.25, -0.2) is 0 Å². The molecule has 5 heteroatoms. The summed E-state index contributed by atoms with van der Waals surface area (Å²) >= 11 is 0. The number of hydrogen-bond donors (Lipinski definition) is 1. The van der Waals surface area contributed by atoms with Crippen LogP contribution in [0.25, 0.3) is 0 Å². The van der Waals surface area contributed by atoms with Gasteiger partial charge in [-0.3, -0.25) is 9.69 Å². The van der Waals surface area contributed by atoms with Crippen molar-refractivity contribution in [3.63, 3.8) is 0 Å². The molecule has 0 bridgehead atoms. The number of benzene rings is 2. The lowest BCUT2D eigenvalue weighted by Crippen LogP contribution is -2.35. The van der Waals surface area contributed by atoms with E-state index in [9.17, 15) is 4.79 Å². The van der Waals surface area contributed by atoms with E-state index in [0.717, 1.165) is 49.7 Å². The molecule has 0 spiro atoms. The molecule has 0 unspecified atom stereocenters. The molecule has 2 aromatic carbocycles. The van der Waals surface area contributed by atoms with Crippen LogP contribution in [0.4, 0.5) is 0 Å². The summed E-state index contributed by atoms with van der Waals surface area (Å²) in [5.74, 6) is 1.09. The molecule has 0 atom stereocenters. The van der Waals surface area contributed by atoms with Crippen molar-refractivity contribution in [2.75, 3.05) is 32.9 Å². The van der Waals surface area contributed by atoms with Gasteiger partial charge in [0, 0.05) is 26.2 Å². The lowest BCUT2D eigenvalue weighted by molar-refractivity contribution is -0.123. The number of nitrogens with one attached hydrogen (secondary N) is 1. The van der Waals surface area contributed by atoms with E-state index in [0.29, 0.717) is 12.5 Å². The first-order valence-corrected chi connectivity index (χ1v) is 10.4. The van der Waals surface area contributed by atoms with Gasteiger partial charge in [0.05, 0.1) is 13.2 Å². The van der Waals surface area contributed by atoms with Gasteiger partial charge in [-0.15, -0.1) is 0 Å². The highest BCUT2D eigenvalue weighted by Crippen LogP contribution is 2.24. The molecule has 3 rings (SSSR count). The van der Waals surface area contributed by atoms with Crippen LogP contribution in [-0.4, -0.2) is 43.7 Å². The Morgan fingerprint density at radius 3 is 2.48 bits per heavy atom. The maximum absolute atomic E-state index is 12.2. The van der Waals surface area contributed by atoms with Crippen LogP contribution in [0, 0.1) is 6.92 Å². The highest BCUT2D eigenvalue weighted by Gasteiger charge is 2.11. The van der Waals surface area contributed by atoms with Gasteiger partial charge in [0.2, 0.25) is 0 Å². The lowest BCUT2D eigenvalue weighted by atomic mass is 10.0. The molecule has 1 heterocycles. The zero-order valence-corrected chi connectivity index (χ0v) is 17.7. The molecule has 1 aliphatic heterocycles. The Morgan fingerprint density at radius 2 is 1.79 bits per heavy atom. The maximum Gasteiger partial charge on any atom is 0.258 e. The van der Waals surface area contributed by atoms with E-state index >= 15 is 0 Å². The summed E-state index contributed by atoms with van der Waals surface area (Å²) in [5.41, 5.74) is 4.62. The first-order valence-electron chi connectivity index (χ1n) is 10.4.